The third-order valence-electron chi connectivity index (χ3n) is 4.51. The van der Waals surface area contributed by atoms with E-state index in [1.165, 1.54) is 5.56 Å². The summed E-state index contributed by atoms with van der Waals surface area (Å²) in [5, 5.41) is 3.04. The molecule has 3 rings (SSSR count). The van der Waals surface area contributed by atoms with Gasteiger partial charge in [-0.15, -0.1) is 0 Å². The summed E-state index contributed by atoms with van der Waals surface area (Å²) in [7, 11) is 0. The number of likely N-dealkylation sites (tertiary alicyclic amines) is 1. The molecule has 3 nitrogen and oxygen atoms in total. The third-order valence-corrected chi connectivity index (χ3v) is 4.51. The number of fused-ring (bicyclic) bond motifs is 2. The third kappa shape index (κ3) is 2.35. The zero-order valence-corrected chi connectivity index (χ0v) is 13.1. The number of rotatable bonds is 1. The molecule has 0 bridgehead atoms. The first-order chi connectivity index (χ1) is 9.63. The van der Waals surface area contributed by atoms with E-state index in [2.05, 4.69) is 30.1 Å². The van der Waals surface area contributed by atoms with E-state index in [0.29, 0.717) is 6.04 Å². The predicted octanol–water partition coefficient (Wildman–Crippen LogP) is 3.41. The van der Waals surface area contributed by atoms with Crippen LogP contribution in [0.5, 0.6) is 0 Å². The molecule has 0 saturated carbocycles. The number of para-hydroxylation sites is 1. The molecular weight excluding hydrogens is 248 g/mol. The molecule has 1 aromatic carbocycles. The van der Waals surface area contributed by atoms with Gasteiger partial charge in [0.1, 0.15) is 0 Å². The van der Waals surface area contributed by atoms with E-state index in [4.69, 9.17) is 0 Å². The number of nitrogens with one attached hydrogen (secondary N) is 1. The lowest BCUT2D eigenvalue weighted by atomic mass is 9.73. The van der Waals surface area contributed by atoms with Crippen molar-refractivity contribution in [2.45, 2.75) is 52.0 Å². The van der Waals surface area contributed by atoms with Crippen LogP contribution in [0, 0.1) is 0 Å². The van der Waals surface area contributed by atoms with Crippen molar-refractivity contribution in [1.29, 1.82) is 0 Å². The molecule has 1 saturated heterocycles. The Morgan fingerprint density at radius 2 is 1.75 bits per heavy atom. The summed E-state index contributed by atoms with van der Waals surface area (Å²) in [6.07, 6.45) is 1.88. The van der Waals surface area contributed by atoms with Crippen molar-refractivity contribution >= 4 is 11.6 Å². The number of carbonyl (C=O) groups excluding carboxylic acids is 1. The van der Waals surface area contributed by atoms with Gasteiger partial charge in [-0.05, 0) is 51.4 Å². The van der Waals surface area contributed by atoms with Crippen LogP contribution in [-0.2, 0) is 10.2 Å². The van der Waals surface area contributed by atoms with E-state index in [1.807, 2.05) is 32.0 Å². The Hall–Kier alpha value is -1.35. The maximum Gasteiger partial charge on any atom is 0.235 e. The van der Waals surface area contributed by atoms with Crippen LogP contribution in [-0.4, -0.2) is 29.9 Å². The summed E-state index contributed by atoms with van der Waals surface area (Å²) in [6.45, 7) is 10.5. The molecule has 0 aliphatic carbocycles. The Kier molecular flexibility index (Phi) is 4.48. The lowest BCUT2D eigenvalue weighted by Gasteiger charge is -2.39. The fourth-order valence-electron chi connectivity index (χ4n) is 3.29. The Bertz CT molecular complexity index is 474. The highest BCUT2D eigenvalue weighted by Crippen LogP contribution is 2.44. The Labute approximate surface area is 122 Å². The second-order valence-corrected chi connectivity index (χ2v) is 5.71. The molecule has 3 heteroatoms. The van der Waals surface area contributed by atoms with Crippen LogP contribution in [0.25, 0.3) is 0 Å². The van der Waals surface area contributed by atoms with Gasteiger partial charge in [0.05, 0.1) is 5.41 Å². The first-order valence-corrected chi connectivity index (χ1v) is 7.78. The molecule has 2 heterocycles. The topological polar surface area (TPSA) is 32.3 Å². The molecule has 1 aromatic rings. The second kappa shape index (κ2) is 5.96. The average Bonchev–Trinajstić information content (AvgIpc) is 2.75. The molecule has 2 aliphatic rings. The van der Waals surface area contributed by atoms with Crippen molar-refractivity contribution < 1.29 is 4.79 Å². The first-order valence-electron chi connectivity index (χ1n) is 7.78. The zero-order chi connectivity index (χ0) is 14.8. The van der Waals surface area contributed by atoms with E-state index in [9.17, 15) is 4.79 Å². The number of hydrogen-bond acceptors (Lipinski definition) is 2. The minimum absolute atomic E-state index is 0.201. The Morgan fingerprint density at radius 1 is 1.15 bits per heavy atom. The highest BCUT2D eigenvalue weighted by molar-refractivity contribution is 6.06. The normalized spacial score (nSPS) is 20.4. The molecule has 0 unspecified atom stereocenters. The smallest absolute Gasteiger partial charge is 0.235 e. The maximum atomic E-state index is 12.4. The van der Waals surface area contributed by atoms with Crippen LogP contribution >= 0.6 is 0 Å². The average molecular weight is 274 g/mol. The van der Waals surface area contributed by atoms with Crippen LogP contribution in [0.2, 0.25) is 0 Å². The molecule has 2 aliphatic heterocycles. The van der Waals surface area contributed by atoms with Crippen molar-refractivity contribution in [2.75, 3.05) is 18.4 Å². The van der Waals surface area contributed by atoms with Gasteiger partial charge in [-0.1, -0.05) is 32.0 Å². The maximum absolute atomic E-state index is 12.4. The number of piperidine rings is 1. The Balaban J connectivity index is 0.000000704. The second-order valence-electron chi connectivity index (χ2n) is 5.71. The number of benzene rings is 1. The van der Waals surface area contributed by atoms with Gasteiger partial charge in [-0.25, -0.2) is 0 Å². The van der Waals surface area contributed by atoms with Crippen LogP contribution < -0.4 is 5.32 Å². The quantitative estimate of drug-likeness (QED) is 0.851. The van der Waals surface area contributed by atoms with E-state index in [1.54, 1.807) is 0 Å². The van der Waals surface area contributed by atoms with Gasteiger partial charge in [-0.2, -0.15) is 0 Å². The van der Waals surface area contributed by atoms with Crippen molar-refractivity contribution in [1.82, 2.24) is 4.90 Å². The van der Waals surface area contributed by atoms with E-state index < -0.39 is 0 Å². The predicted molar refractivity (Wildman–Crippen MR) is 84.0 cm³/mol. The minimum Gasteiger partial charge on any atom is -0.325 e. The van der Waals surface area contributed by atoms with Crippen molar-refractivity contribution in [3.05, 3.63) is 29.8 Å². The highest BCUT2D eigenvalue weighted by Gasteiger charge is 2.48. The monoisotopic (exact) mass is 274 g/mol. The van der Waals surface area contributed by atoms with E-state index >= 15 is 0 Å². The number of anilines is 1. The fourth-order valence-corrected chi connectivity index (χ4v) is 3.29. The van der Waals surface area contributed by atoms with Gasteiger partial charge in [0, 0.05) is 11.7 Å². The molecule has 0 aromatic heterocycles. The molecule has 110 valence electrons. The van der Waals surface area contributed by atoms with Gasteiger partial charge < -0.3 is 10.2 Å². The van der Waals surface area contributed by atoms with Crippen LogP contribution in [0.15, 0.2) is 24.3 Å². The van der Waals surface area contributed by atoms with Crippen LogP contribution in [0.3, 0.4) is 0 Å². The molecule has 1 fully saturated rings. The van der Waals surface area contributed by atoms with Crippen molar-refractivity contribution in [3.63, 3.8) is 0 Å². The molecule has 1 amide bonds. The number of hydrogen-bond donors (Lipinski definition) is 1. The van der Waals surface area contributed by atoms with Gasteiger partial charge in [0.2, 0.25) is 5.91 Å². The highest BCUT2D eigenvalue weighted by atomic mass is 16.2. The number of amides is 1. The van der Waals surface area contributed by atoms with Gasteiger partial charge in [0.15, 0.2) is 0 Å². The van der Waals surface area contributed by atoms with Crippen LogP contribution in [0.4, 0.5) is 5.69 Å². The fraction of sp³-hybridized carbons (Fsp3) is 0.588. The molecule has 1 spiro atoms. The standard InChI is InChI=1S/C15H20N2O.C2H6/c1-11(2)17-9-7-15(8-10-17)12-5-3-4-6-13(12)16-14(15)18;1-2/h3-6,11H,7-10H2,1-2H3,(H,16,18);1-2H3. The van der Waals surface area contributed by atoms with Crippen molar-refractivity contribution in [2.24, 2.45) is 0 Å². The molecule has 0 atom stereocenters. The lowest BCUT2D eigenvalue weighted by molar-refractivity contribution is -0.122. The number of nitrogens with zero attached hydrogens (tertiary/aromatic N) is 1. The summed E-state index contributed by atoms with van der Waals surface area (Å²) >= 11 is 0. The summed E-state index contributed by atoms with van der Waals surface area (Å²) in [4.78, 5) is 14.8. The van der Waals surface area contributed by atoms with E-state index in [0.717, 1.165) is 31.6 Å². The lowest BCUT2D eigenvalue weighted by Crippen LogP contribution is -2.48. The summed E-state index contributed by atoms with van der Waals surface area (Å²) in [6, 6.07) is 8.72. The molecule has 0 radical (unpaired) electrons. The zero-order valence-electron chi connectivity index (χ0n) is 13.1. The minimum atomic E-state index is -0.262. The Morgan fingerprint density at radius 3 is 2.35 bits per heavy atom. The number of carbonyl (C=O) groups is 1. The first kappa shape index (κ1) is 15.0. The van der Waals surface area contributed by atoms with Gasteiger partial charge in [-0.3, -0.25) is 4.79 Å². The van der Waals surface area contributed by atoms with Crippen LogP contribution in [0.1, 0.15) is 46.1 Å². The van der Waals surface area contributed by atoms with Gasteiger partial charge >= 0.3 is 0 Å². The summed E-state index contributed by atoms with van der Waals surface area (Å²) in [5.74, 6) is 0.201. The van der Waals surface area contributed by atoms with Crippen molar-refractivity contribution in [3.8, 4) is 0 Å². The molecule has 20 heavy (non-hydrogen) atoms. The molecule has 1 N–H and O–H groups in total. The largest absolute Gasteiger partial charge is 0.325 e. The molecular formula is C17H26N2O. The summed E-state index contributed by atoms with van der Waals surface area (Å²) < 4.78 is 0. The van der Waals surface area contributed by atoms with E-state index in [-0.39, 0.29) is 11.3 Å². The SMILES string of the molecule is CC.CC(C)N1CCC2(CC1)C(=O)Nc1ccccc12. The summed E-state index contributed by atoms with van der Waals surface area (Å²) in [5.41, 5.74) is 1.96. The van der Waals surface area contributed by atoms with Gasteiger partial charge in [0.25, 0.3) is 0 Å².